The number of carboxylic acids is 3. The lowest BCUT2D eigenvalue weighted by Crippen LogP contribution is -2.58. The summed E-state index contributed by atoms with van der Waals surface area (Å²) in [5.74, 6) is -3.14. The Labute approximate surface area is 185 Å². The van der Waals surface area contributed by atoms with Gasteiger partial charge in [-0.3, -0.25) is 29.1 Å². The minimum Gasteiger partial charge on any atom is -0.480 e. The van der Waals surface area contributed by atoms with Crippen molar-refractivity contribution in [2.45, 2.75) is 12.1 Å². The molecule has 1 saturated heterocycles. The first-order valence-electron chi connectivity index (χ1n) is 9.72. The maximum Gasteiger partial charge on any atom is 0.317 e. The third-order valence-corrected chi connectivity index (χ3v) is 5.20. The Balaban J connectivity index is 2.51. The highest BCUT2D eigenvalue weighted by atomic mass is 32.1. The van der Waals surface area contributed by atoms with Crippen molar-refractivity contribution in [3.8, 4) is 0 Å². The lowest BCUT2D eigenvalue weighted by molar-refractivity contribution is -0.142. The first-order valence-corrected chi connectivity index (χ1v) is 10.1. The predicted molar refractivity (Wildman–Crippen MR) is 115 cm³/mol. The number of aliphatic imine (C=N–C) groups is 1. The number of thiocarbonyl (C=S) groups is 1. The van der Waals surface area contributed by atoms with E-state index in [9.17, 15) is 29.7 Å². The van der Waals surface area contributed by atoms with Crippen LogP contribution in [-0.2, 0) is 20.8 Å². The maximum absolute atomic E-state index is 11.7. The Morgan fingerprint density at radius 2 is 1.45 bits per heavy atom. The van der Waals surface area contributed by atoms with Gasteiger partial charge in [-0.1, -0.05) is 30.3 Å². The minimum absolute atomic E-state index is 0.103. The molecule has 1 aromatic carbocycles. The van der Waals surface area contributed by atoms with E-state index >= 15 is 0 Å². The summed E-state index contributed by atoms with van der Waals surface area (Å²) >= 11 is 4.89. The summed E-state index contributed by atoms with van der Waals surface area (Å²) in [5.41, 5.74) is -0.292. The highest BCUT2D eigenvalue weighted by Crippen LogP contribution is 2.26. The quantitative estimate of drug-likeness (QED) is 0.354. The molecule has 0 aromatic heterocycles. The van der Waals surface area contributed by atoms with Gasteiger partial charge >= 0.3 is 17.9 Å². The van der Waals surface area contributed by atoms with E-state index in [0.29, 0.717) is 13.0 Å². The monoisotopic (exact) mass is 450 g/mol. The summed E-state index contributed by atoms with van der Waals surface area (Å²) in [5, 5.41) is 30.5. The molecule has 0 bridgehead atoms. The number of isothiocyanates is 1. The van der Waals surface area contributed by atoms with Crippen molar-refractivity contribution in [1.82, 2.24) is 14.7 Å². The van der Waals surface area contributed by atoms with Crippen molar-refractivity contribution in [2.24, 2.45) is 4.99 Å². The van der Waals surface area contributed by atoms with Crippen molar-refractivity contribution in [2.75, 3.05) is 52.4 Å². The second kappa shape index (κ2) is 11.6. The molecule has 10 nitrogen and oxygen atoms in total. The lowest BCUT2D eigenvalue weighted by atomic mass is 9.96. The molecular weight excluding hydrogens is 424 g/mol. The van der Waals surface area contributed by atoms with Crippen LogP contribution in [0.1, 0.15) is 5.56 Å². The van der Waals surface area contributed by atoms with Crippen LogP contribution >= 0.6 is 12.2 Å². The first kappa shape index (κ1) is 24.6. The number of aliphatic carboxylic acids is 3. The summed E-state index contributed by atoms with van der Waals surface area (Å²) in [6, 6.07) is 9.32. The maximum atomic E-state index is 11.7. The van der Waals surface area contributed by atoms with Gasteiger partial charge in [-0.2, -0.15) is 0 Å². The standard InChI is InChI=1S/C20H26N4O6S/c25-17(26)11-22-6-7-23(12-18(27)28)14-20(21-15-31,10-16-4-2-1-3-5-16)24(9-8-22)13-19(29)30/h1-5H,6-14H2,(H,25,26)(H,27,28)(H,29,30). The van der Waals surface area contributed by atoms with E-state index in [1.165, 1.54) is 0 Å². The molecule has 2 rings (SSSR count). The number of nitrogens with zero attached hydrogens (tertiary/aromatic N) is 4. The van der Waals surface area contributed by atoms with Gasteiger partial charge < -0.3 is 15.3 Å². The molecule has 1 aliphatic heterocycles. The molecule has 0 radical (unpaired) electrons. The predicted octanol–water partition coefficient (Wildman–Crippen LogP) is 0.202. The summed E-state index contributed by atoms with van der Waals surface area (Å²) < 4.78 is 0. The largest absolute Gasteiger partial charge is 0.480 e. The third-order valence-electron chi connectivity index (χ3n) is 5.11. The first-order chi connectivity index (χ1) is 14.7. The fourth-order valence-corrected chi connectivity index (χ4v) is 3.96. The zero-order chi connectivity index (χ0) is 22.9. The molecule has 0 aliphatic carbocycles. The average molecular weight is 451 g/mol. The van der Waals surface area contributed by atoms with E-state index in [2.05, 4.69) is 10.2 Å². The topological polar surface area (TPSA) is 134 Å². The van der Waals surface area contributed by atoms with Gasteiger partial charge in [0.15, 0.2) is 0 Å². The van der Waals surface area contributed by atoms with Gasteiger partial charge in [-0.15, -0.1) is 0 Å². The zero-order valence-corrected chi connectivity index (χ0v) is 17.8. The summed E-state index contributed by atoms with van der Waals surface area (Å²) in [6.45, 7) is 0.307. The molecule has 1 aliphatic rings. The Morgan fingerprint density at radius 3 is 2.03 bits per heavy atom. The van der Waals surface area contributed by atoms with Crippen molar-refractivity contribution in [3.63, 3.8) is 0 Å². The molecule has 168 valence electrons. The molecular formula is C20H26N4O6S. The Morgan fingerprint density at radius 1 is 0.903 bits per heavy atom. The Kier molecular flexibility index (Phi) is 9.22. The van der Waals surface area contributed by atoms with Crippen LogP contribution in [0.25, 0.3) is 0 Å². The second-order valence-corrected chi connectivity index (χ2v) is 7.62. The average Bonchev–Trinajstić information content (AvgIpc) is 2.73. The van der Waals surface area contributed by atoms with Crippen LogP contribution in [-0.4, -0.2) is 111 Å². The Bertz CT molecular complexity index is 832. The number of hydrogen-bond donors (Lipinski definition) is 3. The van der Waals surface area contributed by atoms with E-state index < -0.39 is 23.6 Å². The molecule has 11 heteroatoms. The summed E-state index contributed by atoms with van der Waals surface area (Å²) in [4.78, 5) is 43.7. The minimum atomic E-state index is -1.17. The molecule has 1 unspecified atom stereocenters. The van der Waals surface area contributed by atoms with E-state index in [1.807, 2.05) is 30.3 Å². The van der Waals surface area contributed by atoms with Gasteiger partial charge in [0.25, 0.3) is 0 Å². The van der Waals surface area contributed by atoms with Crippen LogP contribution in [0, 0.1) is 0 Å². The molecule has 3 N–H and O–H groups in total. The molecule has 1 atom stereocenters. The van der Waals surface area contributed by atoms with E-state index in [4.69, 9.17) is 12.2 Å². The number of carboxylic acid groups (broad SMARTS) is 3. The van der Waals surface area contributed by atoms with Gasteiger partial charge in [0, 0.05) is 39.1 Å². The van der Waals surface area contributed by atoms with E-state index in [1.54, 1.807) is 14.7 Å². The van der Waals surface area contributed by atoms with Crippen molar-refractivity contribution < 1.29 is 29.7 Å². The molecule has 1 aromatic rings. The molecule has 0 amide bonds. The van der Waals surface area contributed by atoms with Crippen LogP contribution in [0.15, 0.2) is 35.3 Å². The van der Waals surface area contributed by atoms with Crippen LogP contribution in [0.2, 0.25) is 0 Å². The van der Waals surface area contributed by atoms with E-state index in [-0.39, 0.29) is 45.8 Å². The fraction of sp³-hybridized carbons (Fsp3) is 0.500. The van der Waals surface area contributed by atoms with Crippen molar-refractivity contribution in [1.29, 1.82) is 0 Å². The molecule has 0 spiro atoms. The SMILES string of the molecule is O=C(O)CN1CCN(CC(=O)O)CC(Cc2ccccc2)(N=C=S)N(CC(=O)O)CC1. The van der Waals surface area contributed by atoms with Crippen molar-refractivity contribution >= 4 is 35.3 Å². The fourth-order valence-electron chi connectivity index (χ4n) is 3.79. The van der Waals surface area contributed by atoms with Gasteiger partial charge in [0.05, 0.1) is 24.8 Å². The highest BCUT2D eigenvalue weighted by Gasteiger charge is 2.41. The molecule has 1 heterocycles. The lowest BCUT2D eigenvalue weighted by Gasteiger charge is -2.41. The molecule has 0 saturated carbocycles. The van der Waals surface area contributed by atoms with Gasteiger partial charge in [-0.25, -0.2) is 4.99 Å². The van der Waals surface area contributed by atoms with Crippen LogP contribution < -0.4 is 0 Å². The van der Waals surface area contributed by atoms with Crippen molar-refractivity contribution in [3.05, 3.63) is 35.9 Å². The number of carbonyl (C=O) groups is 3. The van der Waals surface area contributed by atoms with Crippen LogP contribution in [0.4, 0.5) is 0 Å². The summed E-state index contributed by atoms with van der Waals surface area (Å²) in [7, 11) is 0. The normalized spacial score (nSPS) is 21.3. The Hall–Kier alpha value is -2.69. The van der Waals surface area contributed by atoms with Gasteiger partial charge in [0.1, 0.15) is 5.66 Å². The number of hydrogen-bond acceptors (Lipinski definition) is 8. The number of benzene rings is 1. The highest BCUT2D eigenvalue weighted by molar-refractivity contribution is 7.78. The molecule has 1 fully saturated rings. The third kappa shape index (κ3) is 7.82. The number of rotatable bonds is 9. The van der Waals surface area contributed by atoms with Gasteiger partial charge in [0.2, 0.25) is 0 Å². The van der Waals surface area contributed by atoms with E-state index in [0.717, 1.165) is 5.56 Å². The zero-order valence-electron chi connectivity index (χ0n) is 17.0. The van der Waals surface area contributed by atoms with Crippen LogP contribution in [0.3, 0.4) is 0 Å². The second-order valence-electron chi connectivity index (χ2n) is 7.44. The van der Waals surface area contributed by atoms with Gasteiger partial charge in [-0.05, 0) is 17.8 Å². The molecule has 31 heavy (non-hydrogen) atoms. The summed E-state index contributed by atoms with van der Waals surface area (Å²) in [6.07, 6.45) is 0.291. The van der Waals surface area contributed by atoms with Crippen LogP contribution in [0.5, 0.6) is 0 Å². The smallest absolute Gasteiger partial charge is 0.317 e.